The first-order valence-corrected chi connectivity index (χ1v) is 12.0. The molecule has 0 radical (unpaired) electrons. The smallest absolute Gasteiger partial charge is 0.216 e. The number of halogens is 3. The largest absolute Gasteiger partial charge is 0.496 e. The van der Waals surface area contributed by atoms with E-state index in [9.17, 15) is 9.59 Å². The molecular weight excluding hydrogens is 539 g/mol. The molecular formula is C21H19BrCl2N4O3S. The van der Waals surface area contributed by atoms with Crippen LogP contribution in [0.15, 0.2) is 46.0 Å². The molecule has 0 unspecified atom stereocenters. The molecule has 2 aromatic carbocycles. The van der Waals surface area contributed by atoms with E-state index in [2.05, 4.69) is 31.4 Å². The van der Waals surface area contributed by atoms with Crippen molar-refractivity contribution < 1.29 is 14.3 Å². The number of hydrogen-bond acceptors (Lipinski definition) is 6. The second kappa shape index (κ2) is 11.2. The van der Waals surface area contributed by atoms with Crippen molar-refractivity contribution in [3.63, 3.8) is 0 Å². The zero-order valence-corrected chi connectivity index (χ0v) is 21.1. The van der Waals surface area contributed by atoms with Crippen LogP contribution in [0, 0.1) is 0 Å². The van der Waals surface area contributed by atoms with E-state index in [1.807, 2.05) is 4.57 Å². The lowest BCUT2D eigenvalue weighted by Crippen LogP contribution is -2.23. The molecule has 32 heavy (non-hydrogen) atoms. The van der Waals surface area contributed by atoms with E-state index in [4.69, 9.17) is 27.9 Å². The van der Waals surface area contributed by atoms with E-state index in [0.717, 1.165) is 0 Å². The summed E-state index contributed by atoms with van der Waals surface area (Å²) in [5, 5.41) is 12.6. The van der Waals surface area contributed by atoms with Gasteiger partial charge in [0.1, 0.15) is 11.6 Å². The van der Waals surface area contributed by atoms with Crippen molar-refractivity contribution in [2.24, 2.45) is 0 Å². The molecule has 1 amide bonds. The molecule has 0 atom stereocenters. The topological polar surface area (TPSA) is 86.1 Å². The number of nitrogens with one attached hydrogen (secondary N) is 1. The lowest BCUT2D eigenvalue weighted by atomic mass is 10.1. The Bertz CT molecular complexity index is 1160. The van der Waals surface area contributed by atoms with Gasteiger partial charge < -0.3 is 10.1 Å². The predicted octanol–water partition coefficient (Wildman–Crippen LogP) is 5.00. The Hall–Kier alpha value is -2.07. The third-order valence-electron chi connectivity index (χ3n) is 4.39. The third kappa shape index (κ3) is 6.04. The number of nitrogens with zero attached hydrogens (tertiary/aromatic N) is 3. The predicted molar refractivity (Wildman–Crippen MR) is 130 cm³/mol. The standard InChI is InChI=1S/C21H19BrCl2N4O3S/c1-12(29)25-8-7-20-26-27-21(28(20)14-4-5-16(23)17(24)10-14)32-11-18(30)13-3-6-19(31-2)15(22)9-13/h3-6,9-10H,7-8,11H2,1-2H3,(H,25,29). The van der Waals surface area contributed by atoms with Crippen molar-refractivity contribution in [2.75, 3.05) is 19.4 Å². The maximum absolute atomic E-state index is 12.7. The Balaban J connectivity index is 1.84. The first-order valence-electron chi connectivity index (χ1n) is 9.44. The van der Waals surface area contributed by atoms with Gasteiger partial charge in [0.2, 0.25) is 5.91 Å². The fourth-order valence-electron chi connectivity index (χ4n) is 2.84. The van der Waals surface area contributed by atoms with Gasteiger partial charge in [-0.15, -0.1) is 10.2 Å². The summed E-state index contributed by atoms with van der Waals surface area (Å²) in [4.78, 5) is 24.0. The van der Waals surface area contributed by atoms with Gasteiger partial charge >= 0.3 is 0 Å². The maximum Gasteiger partial charge on any atom is 0.216 e. The molecule has 7 nitrogen and oxygen atoms in total. The minimum Gasteiger partial charge on any atom is -0.496 e. The van der Waals surface area contributed by atoms with E-state index < -0.39 is 0 Å². The Morgan fingerprint density at radius 3 is 2.59 bits per heavy atom. The normalized spacial score (nSPS) is 10.8. The number of Topliss-reactive ketones (excluding diaryl/α,β-unsaturated/α-hetero) is 1. The number of carbonyl (C=O) groups excluding carboxylic acids is 2. The maximum atomic E-state index is 12.7. The van der Waals surface area contributed by atoms with Crippen LogP contribution in [0.2, 0.25) is 10.0 Å². The summed E-state index contributed by atoms with van der Waals surface area (Å²) >= 11 is 16.9. The third-order valence-corrected chi connectivity index (χ3v) is 6.68. The molecule has 0 saturated carbocycles. The molecule has 0 bridgehead atoms. The van der Waals surface area contributed by atoms with Gasteiger partial charge in [-0.2, -0.15) is 0 Å². The fraction of sp³-hybridized carbons (Fsp3) is 0.238. The van der Waals surface area contributed by atoms with Crippen LogP contribution >= 0.6 is 50.9 Å². The van der Waals surface area contributed by atoms with Crippen LogP contribution in [0.3, 0.4) is 0 Å². The average Bonchev–Trinajstić information content (AvgIpc) is 3.16. The summed E-state index contributed by atoms with van der Waals surface area (Å²) < 4.78 is 7.73. The first-order chi connectivity index (χ1) is 15.3. The van der Waals surface area contributed by atoms with Crippen molar-refractivity contribution in [1.82, 2.24) is 20.1 Å². The summed E-state index contributed by atoms with van der Waals surface area (Å²) in [6.45, 7) is 1.85. The quantitative estimate of drug-likeness (QED) is 0.294. The molecule has 0 aliphatic carbocycles. The SMILES string of the molecule is COc1ccc(C(=O)CSc2nnc(CCNC(C)=O)n2-c2ccc(Cl)c(Cl)c2)cc1Br. The van der Waals surface area contributed by atoms with Crippen LogP contribution < -0.4 is 10.1 Å². The van der Waals surface area contributed by atoms with Crippen LogP contribution in [-0.2, 0) is 11.2 Å². The van der Waals surface area contributed by atoms with E-state index >= 15 is 0 Å². The summed E-state index contributed by atoms with van der Waals surface area (Å²) in [5.74, 6) is 1.24. The Kier molecular flexibility index (Phi) is 8.58. The van der Waals surface area contributed by atoms with Gasteiger partial charge in [-0.1, -0.05) is 35.0 Å². The second-order valence-electron chi connectivity index (χ2n) is 6.63. The van der Waals surface area contributed by atoms with E-state index in [-0.39, 0.29) is 17.4 Å². The number of ketones is 1. The fourth-order valence-corrected chi connectivity index (χ4v) is 4.54. The van der Waals surface area contributed by atoms with Crippen LogP contribution in [-0.4, -0.2) is 45.9 Å². The van der Waals surface area contributed by atoms with Crippen molar-refractivity contribution >= 4 is 62.6 Å². The highest BCUT2D eigenvalue weighted by Crippen LogP contribution is 2.30. The molecule has 3 rings (SSSR count). The number of ether oxygens (including phenoxy) is 1. The lowest BCUT2D eigenvalue weighted by Gasteiger charge is -2.11. The molecule has 0 saturated heterocycles. The summed E-state index contributed by atoms with van der Waals surface area (Å²) in [6, 6.07) is 10.4. The zero-order chi connectivity index (χ0) is 23.3. The van der Waals surface area contributed by atoms with Gasteiger partial charge in [-0.25, -0.2) is 0 Å². The van der Waals surface area contributed by atoms with Crippen molar-refractivity contribution in [2.45, 2.75) is 18.5 Å². The number of methoxy groups -OCH3 is 1. The van der Waals surface area contributed by atoms with Gasteiger partial charge in [0.15, 0.2) is 10.9 Å². The lowest BCUT2D eigenvalue weighted by molar-refractivity contribution is -0.118. The van der Waals surface area contributed by atoms with Gasteiger partial charge in [0.05, 0.1) is 33.1 Å². The van der Waals surface area contributed by atoms with Crippen LogP contribution in [0.5, 0.6) is 5.75 Å². The molecule has 1 N–H and O–H groups in total. The van der Waals surface area contributed by atoms with Crippen molar-refractivity contribution in [3.05, 3.63) is 62.3 Å². The first kappa shape index (κ1) is 24.6. The molecule has 168 valence electrons. The monoisotopic (exact) mass is 556 g/mol. The minimum absolute atomic E-state index is 0.0677. The summed E-state index contributed by atoms with van der Waals surface area (Å²) in [7, 11) is 1.57. The van der Waals surface area contributed by atoms with E-state index in [1.165, 1.54) is 18.7 Å². The molecule has 0 fully saturated rings. The van der Waals surface area contributed by atoms with Gasteiger partial charge in [0.25, 0.3) is 0 Å². The number of thioether (sulfide) groups is 1. The zero-order valence-electron chi connectivity index (χ0n) is 17.2. The highest BCUT2D eigenvalue weighted by molar-refractivity contribution is 9.10. The summed E-state index contributed by atoms with van der Waals surface area (Å²) in [6.07, 6.45) is 0.451. The Labute approximate surface area is 208 Å². The molecule has 0 spiro atoms. The number of aromatic nitrogens is 3. The number of carbonyl (C=O) groups is 2. The van der Waals surface area contributed by atoms with Crippen LogP contribution in [0.25, 0.3) is 5.69 Å². The van der Waals surface area contributed by atoms with Gasteiger partial charge in [0, 0.05) is 25.5 Å². The molecule has 0 aliphatic rings. The van der Waals surface area contributed by atoms with Gasteiger partial charge in [-0.05, 0) is 52.3 Å². The molecule has 3 aromatic rings. The van der Waals surface area contributed by atoms with Crippen molar-refractivity contribution in [3.8, 4) is 11.4 Å². The molecule has 1 heterocycles. The average molecular weight is 558 g/mol. The number of hydrogen-bond donors (Lipinski definition) is 1. The van der Waals surface area contributed by atoms with Crippen LogP contribution in [0.4, 0.5) is 0 Å². The van der Waals surface area contributed by atoms with Crippen LogP contribution in [0.1, 0.15) is 23.1 Å². The second-order valence-corrected chi connectivity index (χ2v) is 9.24. The minimum atomic E-state index is -0.128. The molecule has 1 aromatic heterocycles. The highest BCUT2D eigenvalue weighted by atomic mass is 79.9. The molecule has 0 aliphatic heterocycles. The highest BCUT2D eigenvalue weighted by Gasteiger charge is 2.18. The van der Waals surface area contributed by atoms with E-state index in [1.54, 1.807) is 43.5 Å². The van der Waals surface area contributed by atoms with Gasteiger partial charge in [-0.3, -0.25) is 14.2 Å². The number of rotatable bonds is 9. The number of amides is 1. The Morgan fingerprint density at radius 2 is 1.94 bits per heavy atom. The van der Waals surface area contributed by atoms with E-state index in [0.29, 0.717) is 55.5 Å². The Morgan fingerprint density at radius 1 is 1.16 bits per heavy atom. The summed E-state index contributed by atoms with van der Waals surface area (Å²) in [5.41, 5.74) is 1.26. The number of benzene rings is 2. The molecule has 11 heteroatoms. The van der Waals surface area contributed by atoms with Crippen molar-refractivity contribution in [1.29, 1.82) is 0 Å².